The second-order valence-electron chi connectivity index (χ2n) is 24.7. The molecule has 10 heteroatoms. The molecule has 9 nitrogen and oxygen atoms in total. The molecule has 0 spiro atoms. The van der Waals surface area contributed by atoms with E-state index >= 15 is 0 Å². The van der Waals surface area contributed by atoms with Gasteiger partial charge in [0.2, 0.25) is 5.91 Å². The van der Waals surface area contributed by atoms with E-state index in [-0.39, 0.29) is 31.5 Å². The van der Waals surface area contributed by atoms with Crippen molar-refractivity contribution in [3.05, 3.63) is 24.3 Å². The lowest BCUT2D eigenvalue weighted by Gasteiger charge is -2.27. The average molecular weight is 1120 g/mol. The molecule has 3 atom stereocenters. The summed E-state index contributed by atoms with van der Waals surface area (Å²) in [5, 5.41) is 3.07. The third-order valence-corrected chi connectivity index (χ3v) is 16.6. The largest absolute Gasteiger partial charge is 0.472 e. The van der Waals surface area contributed by atoms with Crippen LogP contribution in [0.2, 0.25) is 0 Å². The smallest absolute Gasteiger partial charge is 0.456 e. The molecule has 1 amide bonds. The standard InChI is InChI=1S/C68H133N2O7P/c1-7-10-13-16-19-22-25-28-29-30-31-32-33-34-35-36-37-38-39-40-41-43-45-48-51-54-57-60-67(71)69-65(64-76-78(73,74)75-63-62-70(4,5)6)66(59-56-53-50-47-44-27-24-21-18-15-12-9-3)77-68(72)61-58-55-52-49-46-42-26-23-20-17-14-11-8-2/h42,46,56,59,65-66H,7-41,43-45,47-55,57-58,60-64H2,1-6H3,(H-,69,71,73,74)/p+1/b46-42-,59-56-. The Morgan fingerprint density at radius 3 is 1.10 bits per heavy atom. The van der Waals surface area contributed by atoms with E-state index in [9.17, 15) is 19.0 Å². The van der Waals surface area contributed by atoms with Crippen LogP contribution in [0.25, 0.3) is 0 Å². The Morgan fingerprint density at radius 2 is 0.744 bits per heavy atom. The summed E-state index contributed by atoms with van der Waals surface area (Å²) in [4.78, 5) is 37.7. The van der Waals surface area contributed by atoms with E-state index in [1.54, 1.807) is 0 Å². The molecule has 78 heavy (non-hydrogen) atoms. The fraction of sp³-hybridized carbons (Fsp3) is 0.912. The number of phosphoric ester groups is 1. The lowest BCUT2D eigenvalue weighted by molar-refractivity contribution is -0.870. The number of allylic oxidation sites excluding steroid dienone is 3. The third kappa shape index (κ3) is 59.1. The highest BCUT2D eigenvalue weighted by molar-refractivity contribution is 7.47. The van der Waals surface area contributed by atoms with Crippen molar-refractivity contribution < 1.29 is 37.3 Å². The van der Waals surface area contributed by atoms with Gasteiger partial charge in [-0.05, 0) is 57.4 Å². The topological polar surface area (TPSA) is 111 Å². The average Bonchev–Trinajstić information content (AvgIpc) is 3.40. The van der Waals surface area contributed by atoms with Gasteiger partial charge in [0, 0.05) is 12.8 Å². The van der Waals surface area contributed by atoms with E-state index < -0.39 is 20.0 Å². The molecular formula is C68H134N2O7P+. The predicted octanol–water partition coefficient (Wildman–Crippen LogP) is 21.3. The first-order chi connectivity index (χ1) is 37.9. The van der Waals surface area contributed by atoms with Gasteiger partial charge in [-0.25, -0.2) is 4.57 Å². The Hall–Kier alpha value is -1.51. The molecule has 0 aliphatic rings. The summed E-state index contributed by atoms with van der Waals surface area (Å²) in [6.45, 7) is 7.05. The molecule has 2 N–H and O–H groups in total. The number of quaternary nitrogens is 1. The van der Waals surface area contributed by atoms with E-state index in [1.165, 1.54) is 244 Å². The van der Waals surface area contributed by atoms with Gasteiger partial charge < -0.3 is 19.4 Å². The summed E-state index contributed by atoms with van der Waals surface area (Å²) in [5.74, 6) is -0.506. The number of rotatable bonds is 63. The van der Waals surface area contributed by atoms with Crippen molar-refractivity contribution in [1.82, 2.24) is 5.32 Å². The lowest BCUT2D eigenvalue weighted by Crippen LogP contribution is -2.47. The van der Waals surface area contributed by atoms with E-state index in [2.05, 4.69) is 38.2 Å². The van der Waals surface area contributed by atoms with E-state index in [1.807, 2.05) is 33.3 Å². The summed E-state index contributed by atoms with van der Waals surface area (Å²) < 4.78 is 30.7. The van der Waals surface area contributed by atoms with Crippen molar-refractivity contribution in [2.75, 3.05) is 40.9 Å². The molecule has 0 saturated carbocycles. The van der Waals surface area contributed by atoms with Crippen molar-refractivity contribution in [1.29, 1.82) is 0 Å². The molecule has 0 rings (SSSR count). The van der Waals surface area contributed by atoms with Crippen LogP contribution >= 0.6 is 7.82 Å². The number of amides is 1. The van der Waals surface area contributed by atoms with Gasteiger partial charge in [0.1, 0.15) is 19.3 Å². The van der Waals surface area contributed by atoms with Crippen LogP contribution in [0.4, 0.5) is 0 Å². The third-order valence-electron chi connectivity index (χ3n) is 15.6. The van der Waals surface area contributed by atoms with Crippen LogP contribution in [0.1, 0.15) is 348 Å². The van der Waals surface area contributed by atoms with Gasteiger partial charge in [-0.15, -0.1) is 0 Å². The number of unbranched alkanes of at least 4 members (excludes halogenated alkanes) is 45. The Labute approximate surface area is 485 Å². The zero-order valence-corrected chi connectivity index (χ0v) is 53.8. The van der Waals surface area contributed by atoms with E-state index in [0.29, 0.717) is 17.4 Å². The van der Waals surface area contributed by atoms with Crippen molar-refractivity contribution in [2.45, 2.75) is 360 Å². The molecule has 0 fully saturated rings. The van der Waals surface area contributed by atoms with Gasteiger partial charge in [-0.2, -0.15) is 0 Å². The van der Waals surface area contributed by atoms with Crippen LogP contribution in [0.5, 0.6) is 0 Å². The molecule has 0 aliphatic carbocycles. The van der Waals surface area contributed by atoms with Gasteiger partial charge in [0.15, 0.2) is 0 Å². The number of likely N-dealkylation sites (N-methyl/N-ethyl adjacent to an activating group) is 1. The minimum absolute atomic E-state index is 0.0417. The van der Waals surface area contributed by atoms with Gasteiger partial charge in [-0.3, -0.25) is 18.6 Å². The monoisotopic (exact) mass is 1120 g/mol. The van der Waals surface area contributed by atoms with Crippen molar-refractivity contribution in [3.8, 4) is 0 Å². The van der Waals surface area contributed by atoms with E-state index in [4.69, 9.17) is 13.8 Å². The second kappa shape index (κ2) is 58.7. The van der Waals surface area contributed by atoms with Crippen LogP contribution < -0.4 is 5.32 Å². The molecule has 0 aromatic rings. The number of esters is 1. The highest BCUT2D eigenvalue weighted by Crippen LogP contribution is 2.43. The molecule has 0 heterocycles. The summed E-state index contributed by atoms with van der Waals surface area (Å²) in [6.07, 6.45) is 70.6. The Kier molecular flexibility index (Phi) is 57.5. The maximum absolute atomic E-state index is 13.6. The zero-order chi connectivity index (χ0) is 57.2. The molecule has 0 bridgehead atoms. The van der Waals surface area contributed by atoms with Gasteiger partial charge in [0.05, 0.1) is 33.8 Å². The minimum atomic E-state index is -4.45. The highest BCUT2D eigenvalue weighted by Gasteiger charge is 2.30. The Balaban J connectivity index is 4.95. The zero-order valence-electron chi connectivity index (χ0n) is 52.9. The summed E-state index contributed by atoms with van der Waals surface area (Å²) >= 11 is 0. The Bertz CT molecular complexity index is 1380. The number of carbonyl (C=O) groups is 2. The number of ether oxygens (including phenoxy) is 1. The van der Waals surface area contributed by atoms with Gasteiger partial charge >= 0.3 is 13.8 Å². The number of nitrogens with zero attached hydrogens (tertiary/aromatic N) is 1. The SMILES string of the molecule is CCCCCCCC/C=C\CCCCCC(=O)OC(/C=C\CCCCCCCCCCCC)C(COP(=O)(O)OCC[N+](C)(C)C)NC(=O)CCCCCCCCCCCCCCCCCCCCCCCCCCCCC. The maximum atomic E-state index is 13.6. The van der Waals surface area contributed by atoms with Crippen molar-refractivity contribution in [2.24, 2.45) is 0 Å². The number of carbonyl (C=O) groups excluding carboxylic acids is 2. The molecule has 0 aromatic carbocycles. The summed E-state index contributed by atoms with van der Waals surface area (Å²) in [7, 11) is 1.51. The number of phosphoric acid groups is 1. The van der Waals surface area contributed by atoms with Crippen LogP contribution in [-0.2, 0) is 27.9 Å². The number of hydrogen-bond donors (Lipinski definition) is 2. The first-order valence-corrected chi connectivity index (χ1v) is 35.7. The van der Waals surface area contributed by atoms with E-state index in [0.717, 1.165) is 70.6 Å². The molecule has 0 aliphatic heterocycles. The normalized spacial score (nSPS) is 13.7. The quantitative estimate of drug-likeness (QED) is 0.0205. The van der Waals surface area contributed by atoms with Crippen LogP contribution in [0.3, 0.4) is 0 Å². The lowest BCUT2D eigenvalue weighted by atomic mass is 10.0. The fourth-order valence-electron chi connectivity index (χ4n) is 10.4. The van der Waals surface area contributed by atoms with Crippen LogP contribution in [0, 0.1) is 0 Å². The first kappa shape index (κ1) is 76.5. The highest BCUT2D eigenvalue weighted by atomic mass is 31.2. The minimum Gasteiger partial charge on any atom is -0.456 e. The van der Waals surface area contributed by atoms with Gasteiger partial charge in [0.25, 0.3) is 0 Å². The molecule has 0 radical (unpaired) electrons. The maximum Gasteiger partial charge on any atom is 0.472 e. The van der Waals surface area contributed by atoms with Crippen molar-refractivity contribution >= 4 is 19.7 Å². The summed E-state index contributed by atoms with van der Waals surface area (Å²) in [6, 6.07) is -0.849. The fourth-order valence-corrected chi connectivity index (χ4v) is 11.1. The molecule has 0 saturated heterocycles. The predicted molar refractivity (Wildman–Crippen MR) is 337 cm³/mol. The summed E-state index contributed by atoms with van der Waals surface area (Å²) in [5.41, 5.74) is 0. The number of nitrogens with one attached hydrogen (secondary N) is 1. The van der Waals surface area contributed by atoms with Crippen molar-refractivity contribution in [3.63, 3.8) is 0 Å². The second-order valence-corrected chi connectivity index (χ2v) is 26.2. The Morgan fingerprint density at radius 1 is 0.436 bits per heavy atom. The first-order valence-electron chi connectivity index (χ1n) is 34.2. The number of hydrogen-bond acceptors (Lipinski definition) is 6. The molecular weight excluding hydrogens is 988 g/mol. The van der Waals surface area contributed by atoms with Crippen LogP contribution in [-0.4, -0.2) is 74.3 Å². The molecule has 0 aromatic heterocycles. The molecule has 462 valence electrons. The van der Waals surface area contributed by atoms with Crippen LogP contribution in [0.15, 0.2) is 24.3 Å². The molecule has 3 unspecified atom stereocenters. The van der Waals surface area contributed by atoms with Gasteiger partial charge in [-0.1, -0.05) is 302 Å².